The largest absolute Gasteiger partial charge is 0.353 e. The molecule has 0 atom stereocenters. The van der Waals surface area contributed by atoms with Crippen LogP contribution in [-0.4, -0.2) is 35.5 Å². The van der Waals surface area contributed by atoms with Crippen LogP contribution in [0.1, 0.15) is 5.69 Å². The number of hydrogen-bond acceptors (Lipinski definition) is 4. The second-order valence-corrected chi connectivity index (χ2v) is 4.23. The molecular weight excluding hydrogens is 260 g/mol. The highest BCUT2D eigenvalue weighted by molar-refractivity contribution is 9.10. The zero-order valence-electron chi connectivity index (χ0n) is 8.33. The highest BCUT2D eigenvalue weighted by Gasteiger charge is 2.18. The number of amides is 1. The number of carbonyl (C=O) groups excluding carboxylic acids is 1. The van der Waals surface area contributed by atoms with Crippen LogP contribution in [0.5, 0.6) is 0 Å². The Morgan fingerprint density at radius 2 is 2.40 bits per heavy atom. The number of rotatable bonds is 1. The van der Waals surface area contributed by atoms with Crippen molar-refractivity contribution in [1.82, 2.24) is 15.3 Å². The molecule has 5 nitrogen and oxygen atoms in total. The third kappa shape index (κ3) is 2.26. The summed E-state index contributed by atoms with van der Waals surface area (Å²) in [5, 5.41) is 2.76. The molecule has 1 N–H and O–H groups in total. The SMILES string of the molecule is Cc1nc(N2CCNC(=O)C2)ncc1Br. The summed E-state index contributed by atoms with van der Waals surface area (Å²) in [6.07, 6.45) is 1.71. The molecule has 1 saturated heterocycles. The Balaban J connectivity index is 2.21. The number of aryl methyl sites for hydroxylation is 1. The van der Waals surface area contributed by atoms with Gasteiger partial charge < -0.3 is 10.2 Å². The van der Waals surface area contributed by atoms with Crippen LogP contribution in [0.2, 0.25) is 0 Å². The average molecular weight is 271 g/mol. The molecule has 1 fully saturated rings. The predicted molar refractivity (Wildman–Crippen MR) is 59.7 cm³/mol. The number of anilines is 1. The molecule has 0 aromatic carbocycles. The molecule has 0 saturated carbocycles. The van der Waals surface area contributed by atoms with Crippen LogP contribution in [0.15, 0.2) is 10.7 Å². The van der Waals surface area contributed by atoms with Crippen molar-refractivity contribution >= 4 is 27.8 Å². The quantitative estimate of drug-likeness (QED) is 0.807. The van der Waals surface area contributed by atoms with Crippen molar-refractivity contribution in [3.63, 3.8) is 0 Å². The number of halogens is 1. The summed E-state index contributed by atoms with van der Waals surface area (Å²) in [4.78, 5) is 21.6. The first-order valence-electron chi connectivity index (χ1n) is 4.67. The van der Waals surface area contributed by atoms with Crippen molar-refractivity contribution < 1.29 is 4.79 Å². The van der Waals surface area contributed by atoms with Gasteiger partial charge in [-0.3, -0.25) is 4.79 Å². The number of aromatic nitrogens is 2. The van der Waals surface area contributed by atoms with E-state index in [1.165, 1.54) is 0 Å². The molecule has 1 aromatic heterocycles. The van der Waals surface area contributed by atoms with Gasteiger partial charge in [0.2, 0.25) is 11.9 Å². The van der Waals surface area contributed by atoms with Crippen molar-refractivity contribution in [2.24, 2.45) is 0 Å². The van der Waals surface area contributed by atoms with Crippen molar-refractivity contribution in [3.05, 3.63) is 16.4 Å². The highest BCUT2D eigenvalue weighted by Crippen LogP contribution is 2.16. The molecule has 1 amide bonds. The van der Waals surface area contributed by atoms with Gasteiger partial charge in [0.05, 0.1) is 16.7 Å². The number of nitrogens with one attached hydrogen (secondary N) is 1. The Kier molecular flexibility index (Phi) is 2.86. The van der Waals surface area contributed by atoms with E-state index in [-0.39, 0.29) is 5.91 Å². The highest BCUT2D eigenvalue weighted by atomic mass is 79.9. The van der Waals surface area contributed by atoms with Crippen LogP contribution in [-0.2, 0) is 4.79 Å². The summed E-state index contributed by atoms with van der Waals surface area (Å²) in [5.41, 5.74) is 0.881. The fraction of sp³-hybridized carbons (Fsp3) is 0.444. The topological polar surface area (TPSA) is 58.1 Å². The molecule has 0 bridgehead atoms. The molecule has 6 heteroatoms. The van der Waals surface area contributed by atoms with Crippen LogP contribution in [0, 0.1) is 6.92 Å². The first-order chi connectivity index (χ1) is 7.16. The Morgan fingerprint density at radius 1 is 1.60 bits per heavy atom. The number of nitrogens with zero attached hydrogens (tertiary/aromatic N) is 3. The summed E-state index contributed by atoms with van der Waals surface area (Å²) < 4.78 is 0.882. The van der Waals surface area contributed by atoms with Gasteiger partial charge in [0, 0.05) is 19.3 Å². The molecule has 1 aromatic rings. The first-order valence-corrected chi connectivity index (χ1v) is 5.47. The molecule has 80 valence electrons. The summed E-state index contributed by atoms with van der Waals surface area (Å²) in [6.45, 7) is 3.64. The van der Waals surface area contributed by atoms with E-state index < -0.39 is 0 Å². The van der Waals surface area contributed by atoms with Crippen LogP contribution < -0.4 is 10.2 Å². The van der Waals surface area contributed by atoms with Gasteiger partial charge in [-0.15, -0.1) is 0 Å². The molecule has 2 rings (SSSR count). The van der Waals surface area contributed by atoms with Crippen molar-refractivity contribution in [2.75, 3.05) is 24.5 Å². The minimum atomic E-state index is 0.0189. The van der Waals surface area contributed by atoms with E-state index in [1.54, 1.807) is 6.20 Å². The van der Waals surface area contributed by atoms with E-state index in [0.717, 1.165) is 16.7 Å². The van der Waals surface area contributed by atoms with E-state index in [2.05, 4.69) is 31.2 Å². The normalized spacial score (nSPS) is 16.4. The van der Waals surface area contributed by atoms with Crippen LogP contribution in [0.25, 0.3) is 0 Å². The van der Waals surface area contributed by atoms with Gasteiger partial charge in [0.15, 0.2) is 0 Å². The predicted octanol–water partition coefficient (Wildman–Crippen LogP) is 0.484. The van der Waals surface area contributed by atoms with Crippen LogP contribution >= 0.6 is 15.9 Å². The molecule has 2 heterocycles. The van der Waals surface area contributed by atoms with Crippen molar-refractivity contribution in [3.8, 4) is 0 Å². The Labute approximate surface area is 96.0 Å². The van der Waals surface area contributed by atoms with Gasteiger partial charge in [-0.1, -0.05) is 0 Å². The zero-order valence-corrected chi connectivity index (χ0v) is 9.91. The molecule has 0 radical (unpaired) electrons. The Hall–Kier alpha value is -1.17. The Morgan fingerprint density at radius 3 is 3.07 bits per heavy atom. The summed E-state index contributed by atoms with van der Waals surface area (Å²) in [6, 6.07) is 0. The minimum absolute atomic E-state index is 0.0189. The molecule has 0 unspecified atom stereocenters. The van der Waals surface area contributed by atoms with Crippen molar-refractivity contribution in [2.45, 2.75) is 6.92 Å². The first kappa shape index (κ1) is 10.4. The smallest absolute Gasteiger partial charge is 0.239 e. The molecule has 1 aliphatic rings. The van der Waals surface area contributed by atoms with E-state index in [4.69, 9.17) is 0 Å². The van der Waals surface area contributed by atoms with Crippen LogP contribution in [0.4, 0.5) is 5.95 Å². The van der Waals surface area contributed by atoms with Gasteiger partial charge in [0.25, 0.3) is 0 Å². The molecule has 1 aliphatic heterocycles. The summed E-state index contributed by atoms with van der Waals surface area (Å²) in [5.74, 6) is 0.635. The fourth-order valence-electron chi connectivity index (χ4n) is 1.40. The maximum absolute atomic E-state index is 11.2. The van der Waals surface area contributed by atoms with Gasteiger partial charge in [-0.2, -0.15) is 0 Å². The van der Waals surface area contributed by atoms with Gasteiger partial charge in [-0.05, 0) is 22.9 Å². The molecule has 15 heavy (non-hydrogen) atoms. The van der Waals surface area contributed by atoms with Gasteiger partial charge in [0.1, 0.15) is 0 Å². The minimum Gasteiger partial charge on any atom is -0.353 e. The zero-order chi connectivity index (χ0) is 10.8. The van der Waals surface area contributed by atoms with Crippen molar-refractivity contribution in [1.29, 1.82) is 0 Å². The van der Waals surface area contributed by atoms with E-state index in [1.807, 2.05) is 11.8 Å². The van der Waals surface area contributed by atoms with E-state index in [9.17, 15) is 4.79 Å². The van der Waals surface area contributed by atoms with Gasteiger partial charge in [-0.25, -0.2) is 9.97 Å². The third-order valence-electron chi connectivity index (χ3n) is 2.23. The summed E-state index contributed by atoms with van der Waals surface area (Å²) >= 11 is 3.34. The second kappa shape index (κ2) is 4.14. The third-order valence-corrected chi connectivity index (χ3v) is 3.01. The molecular formula is C9H11BrN4O. The lowest BCUT2D eigenvalue weighted by molar-refractivity contribution is -0.120. The monoisotopic (exact) mass is 270 g/mol. The molecule has 0 spiro atoms. The lowest BCUT2D eigenvalue weighted by atomic mass is 10.3. The average Bonchev–Trinajstić information content (AvgIpc) is 2.22. The van der Waals surface area contributed by atoms with E-state index in [0.29, 0.717) is 19.0 Å². The Bertz CT molecular complexity index is 396. The lowest BCUT2D eigenvalue weighted by Crippen LogP contribution is -2.48. The standard InChI is InChI=1S/C9H11BrN4O/c1-6-7(10)4-12-9(13-6)14-3-2-11-8(15)5-14/h4H,2-3,5H2,1H3,(H,11,15). The van der Waals surface area contributed by atoms with Gasteiger partial charge >= 0.3 is 0 Å². The number of carbonyl (C=O) groups is 1. The molecule has 0 aliphatic carbocycles. The maximum atomic E-state index is 11.2. The maximum Gasteiger partial charge on any atom is 0.239 e. The number of hydrogen-bond donors (Lipinski definition) is 1. The number of piperazine rings is 1. The second-order valence-electron chi connectivity index (χ2n) is 3.37. The van der Waals surface area contributed by atoms with E-state index >= 15 is 0 Å². The summed E-state index contributed by atoms with van der Waals surface area (Å²) in [7, 11) is 0. The van der Waals surface area contributed by atoms with Crippen LogP contribution in [0.3, 0.4) is 0 Å². The lowest BCUT2D eigenvalue weighted by Gasteiger charge is -2.26. The fourth-order valence-corrected chi connectivity index (χ4v) is 1.59.